The molecule has 0 aliphatic carbocycles. The minimum absolute atomic E-state index is 0.0388. The average Bonchev–Trinajstić information content (AvgIpc) is 2.64. The van der Waals surface area contributed by atoms with Crippen molar-refractivity contribution in [3.8, 4) is 0 Å². The molecule has 1 aliphatic heterocycles. The van der Waals surface area contributed by atoms with Crippen LogP contribution >= 0.6 is 0 Å². The number of likely N-dealkylation sites (tertiary alicyclic amines) is 1. The van der Waals surface area contributed by atoms with E-state index < -0.39 is 0 Å². The van der Waals surface area contributed by atoms with Crippen LogP contribution < -0.4 is 0 Å². The summed E-state index contributed by atoms with van der Waals surface area (Å²) in [7, 11) is 0. The third-order valence-corrected chi connectivity index (χ3v) is 4.18. The first kappa shape index (κ1) is 16.5. The van der Waals surface area contributed by atoms with Crippen LogP contribution in [0, 0.1) is 5.92 Å². The van der Waals surface area contributed by atoms with Gasteiger partial charge in [0.2, 0.25) is 0 Å². The van der Waals surface area contributed by atoms with Crippen LogP contribution in [0.2, 0.25) is 0 Å². The number of hydrogen-bond acceptors (Lipinski definition) is 3. The maximum absolute atomic E-state index is 11.2. The van der Waals surface area contributed by atoms with E-state index in [1.54, 1.807) is 0 Å². The Bertz CT molecular complexity index is 243. The molecule has 3 nitrogen and oxygen atoms in total. The summed E-state index contributed by atoms with van der Waals surface area (Å²) in [6, 6.07) is 0. The Labute approximate surface area is 118 Å². The Morgan fingerprint density at radius 1 is 1.16 bits per heavy atom. The second kappa shape index (κ2) is 10.2. The van der Waals surface area contributed by atoms with Gasteiger partial charge in [-0.05, 0) is 64.6 Å². The van der Waals surface area contributed by atoms with Gasteiger partial charge in [-0.25, -0.2) is 0 Å². The third-order valence-electron chi connectivity index (χ3n) is 4.18. The molecule has 3 heteroatoms. The molecule has 1 saturated heterocycles. The van der Waals surface area contributed by atoms with Crippen molar-refractivity contribution in [2.45, 2.75) is 65.2 Å². The summed E-state index contributed by atoms with van der Waals surface area (Å²) in [6.45, 7) is 8.44. The summed E-state index contributed by atoms with van der Waals surface area (Å²) >= 11 is 0. The lowest BCUT2D eigenvalue weighted by Crippen LogP contribution is -2.26. The molecular weight excluding hydrogens is 238 g/mol. The van der Waals surface area contributed by atoms with Gasteiger partial charge in [0.1, 0.15) is 0 Å². The molecule has 0 N–H and O–H groups in total. The van der Waals surface area contributed by atoms with E-state index in [1.165, 1.54) is 51.7 Å². The van der Waals surface area contributed by atoms with Crippen LogP contribution in [0.4, 0.5) is 0 Å². The largest absolute Gasteiger partial charge is 0.466 e. The van der Waals surface area contributed by atoms with Gasteiger partial charge in [-0.15, -0.1) is 0 Å². The summed E-state index contributed by atoms with van der Waals surface area (Å²) in [4.78, 5) is 13.8. The lowest BCUT2D eigenvalue weighted by molar-refractivity contribution is -0.143. The van der Waals surface area contributed by atoms with Crippen molar-refractivity contribution in [2.24, 2.45) is 5.92 Å². The molecular formula is C16H31NO2. The van der Waals surface area contributed by atoms with Crippen molar-refractivity contribution in [1.82, 2.24) is 4.90 Å². The SMILES string of the molecule is CCOC(=O)CCCCCN1CCCC(CC)CC1. The summed E-state index contributed by atoms with van der Waals surface area (Å²) < 4.78 is 4.93. The molecule has 0 radical (unpaired) electrons. The number of nitrogens with zero attached hydrogens (tertiary/aromatic N) is 1. The molecule has 1 rings (SSSR count). The number of esters is 1. The first-order chi connectivity index (χ1) is 9.26. The van der Waals surface area contributed by atoms with Crippen molar-refractivity contribution in [2.75, 3.05) is 26.2 Å². The lowest BCUT2D eigenvalue weighted by atomic mass is 9.98. The summed E-state index contributed by atoms with van der Waals surface area (Å²) in [5.41, 5.74) is 0. The van der Waals surface area contributed by atoms with E-state index in [0.29, 0.717) is 13.0 Å². The number of unbranched alkanes of at least 4 members (excludes halogenated alkanes) is 2. The molecule has 0 amide bonds. The first-order valence-corrected chi connectivity index (χ1v) is 8.14. The normalized spacial score (nSPS) is 21.1. The molecule has 1 fully saturated rings. The summed E-state index contributed by atoms with van der Waals surface area (Å²) in [6.07, 6.45) is 9.42. The minimum Gasteiger partial charge on any atom is -0.466 e. The minimum atomic E-state index is -0.0388. The number of carbonyl (C=O) groups is 1. The highest BCUT2D eigenvalue weighted by molar-refractivity contribution is 5.69. The molecule has 112 valence electrons. The van der Waals surface area contributed by atoms with Crippen LogP contribution in [0.1, 0.15) is 65.2 Å². The van der Waals surface area contributed by atoms with Gasteiger partial charge in [0.25, 0.3) is 0 Å². The lowest BCUT2D eigenvalue weighted by Gasteiger charge is -2.19. The van der Waals surface area contributed by atoms with E-state index >= 15 is 0 Å². The smallest absolute Gasteiger partial charge is 0.305 e. The standard InChI is InChI=1S/C16H31NO2/c1-3-15-9-8-13-17(14-11-15)12-7-5-6-10-16(18)19-4-2/h15H,3-14H2,1-2H3. The van der Waals surface area contributed by atoms with Gasteiger partial charge < -0.3 is 9.64 Å². The quantitative estimate of drug-likeness (QED) is 0.498. The predicted octanol–water partition coefficient (Wildman–Crippen LogP) is 3.62. The molecule has 19 heavy (non-hydrogen) atoms. The maximum Gasteiger partial charge on any atom is 0.305 e. The zero-order valence-corrected chi connectivity index (χ0v) is 12.8. The predicted molar refractivity (Wildman–Crippen MR) is 79.2 cm³/mol. The zero-order valence-electron chi connectivity index (χ0n) is 12.8. The Morgan fingerprint density at radius 2 is 2.00 bits per heavy atom. The average molecular weight is 269 g/mol. The van der Waals surface area contributed by atoms with Crippen molar-refractivity contribution in [3.05, 3.63) is 0 Å². The summed E-state index contributed by atoms with van der Waals surface area (Å²) in [5, 5.41) is 0. The second-order valence-electron chi connectivity index (χ2n) is 5.66. The Kier molecular flexibility index (Phi) is 8.89. The fourth-order valence-electron chi connectivity index (χ4n) is 2.87. The van der Waals surface area contributed by atoms with Gasteiger partial charge in [0.05, 0.1) is 6.61 Å². The highest BCUT2D eigenvalue weighted by Gasteiger charge is 2.14. The Hall–Kier alpha value is -0.570. The Morgan fingerprint density at radius 3 is 2.74 bits per heavy atom. The third kappa shape index (κ3) is 7.56. The van der Waals surface area contributed by atoms with Crippen LogP contribution in [-0.4, -0.2) is 37.1 Å². The maximum atomic E-state index is 11.2. The number of rotatable bonds is 8. The number of carbonyl (C=O) groups excluding carboxylic acids is 1. The van der Waals surface area contributed by atoms with E-state index in [1.807, 2.05) is 6.92 Å². The fourth-order valence-corrected chi connectivity index (χ4v) is 2.87. The highest BCUT2D eigenvalue weighted by atomic mass is 16.5. The molecule has 0 aromatic heterocycles. The van der Waals surface area contributed by atoms with Gasteiger partial charge >= 0.3 is 5.97 Å². The van der Waals surface area contributed by atoms with E-state index in [2.05, 4.69) is 11.8 Å². The molecule has 0 saturated carbocycles. The topological polar surface area (TPSA) is 29.5 Å². The van der Waals surface area contributed by atoms with E-state index in [-0.39, 0.29) is 5.97 Å². The van der Waals surface area contributed by atoms with E-state index in [0.717, 1.165) is 18.8 Å². The Balaban J connectivity index is 2.01. The van der Waals surface area contributed by atoms with Crippen LogP contribution in [0.15, 0.2) is 0 Å². The van der Waals surface area contributed by atoms with Gasteiger partial charge in [-0.1, -0.05) is 19.8 Å². The monoisotopic (exact) mass is 269 g/mol. The van der Waals surface area contributed by atoms with E-state index in [9.17, 15) is 4.79 Å². The zero-order chi connectivity index (χ0) is 13.9. The van der Waals surface area contributed by atoms with Crippen molar-refractivity contribution in [1.29, 1.82) is 0 Å². The molecule has 1 aliphatic rings. The molecule has 0 aromatic rings. The van der Waals surface area contributed by atoms with Crippen molar-refractivity contribution in [3.63, 3.8) is 0 Å². The van der Waals surface area contributed by atoms with Crippen molar-refractivity contribution >= 4 is 5.97 Å². The molecule has 1 heterocycles. The second-order valence-corrected chi connectivity index (χ2v) is 5.66. The van der Waals surface area contributed by atoms with Crippen LogP contribution in [0.5, 0.6) is 0 Å². The summed E-state index contributed by atoms with van der Waals surface area (Å²) in [5.74, 6) is 0.914. The number of ether oxygens (including phenoxy) is 1. The molecule has 1 atom stereocenters. The van der Waals surface area contributed by atoms with Crippen LogP contribution in [0.25, 0.3) is 0 Å². The van der Waals surface area contributed by atoms with Gasteiger partial charge in [-0.3, -0.25) is 4.79 Å². The van der Waals surface area contributed by atoms with Gasteiger partial charge in [-0.2, -0.15) is 0 Å². The van der Waals surface area contributed by atoms with Crippen LogP contribution in [0.3, 0.4) is 0 Å². The molecule has 0 spiro atoms. The highest BCUT2D eigenvalue weighted by Crippen LogP contribution is 2.20. The van der Waals surface area contributed by atoms with E-state index in [4.69, 9.17) is 4.74 Å². The number of hydrogen-bond donors (Lipinski definition) is 0. The fraction of sp³-hybridized carbons (Fsp3) is 0.938. The van der Waals surface area contributed by atoms with Crippen LogP contribution in [-0.2, 0) is 9.53 Å². The first-order valence-electron chi connectivity index (χ1n) is 8.14. The van der Waals surface area contributed by atoms with Gasteiger partial charge in [0.15, 0.2) is 0 Å². The van der Waals surface area contributed by atoms with Gasteiger partial charge in [0, 0.05) is 6.42 Å². The molecule has 1 unspecified atom stereocenters. The molecule has 0 aromatic carbocycles. The molecule has 0 bridgehead atoms. The van der Waals surface area contributed by atoms with Crippen molar-refractivity contribution < 1.29 is 9.53 Å².